The van der Waals surface area contributed by atoms with Crippen LogP contribution in [0.4, 0.5) is 0 Å². The topological polar surface area (TPSA) is 42.2 Å². The Hall–Kier alpha value is -1.09. The van der Waals surface area contributed by atoms with Gasteiger partial charge in [-0.05, 0) is 50.2 Å². The van der Waals surface area contributed by atoms with Crippen LogP contribution < -0.4 is 5.56 Å². The number of aliphatic hydroxyl groups is 1. The van der Waals surface area contributed by atoms with Gasteiger partial charge in [0.15, 0.2) is 0 Å². The molecule has 17 heavy (non-hydrogen) atoms. The van der Waals surface area contributed by atoms with Crippen LogP contribution in [0, 0.1) is 12.8 Å². The van der Waals surface area contributed by atoms with Crippen LogP contribution in [0.15, 0.2) is 17.1 Å². The Bertz CT molecular complexity index is 487. The van der Waals surface area contributed by atoms with Crippen molar-refractivity contribution in [1.29, 1.82) is 0 Å². The maximum absolute atomic E-state index is 12.0. The molecule has 2 unspecified atom stereocenters. The molecule has 1 aromatic heterocycles. The second kappa shape index (κ2) is 3.98. The maximum atomic E-state index is 12.0. The molecule has 2 fully saturated rings. The Labute approximate surface area is 101 Å². The first-order valence-electron chi connectivity index (χ1n) is 6.54. The van der Waals surface area contributed by atoms with Gasteiger partial charge in [-0.15, -0.1) is 0 Å². The summed E-state index contributed by atoms with van der Waals surface area (Å²) in [6.07, 6.45) is 6.25. The SMILES string of the molecule is Cc1cc(C2CC2)cn(CC2CCC2O)c1=O. The average molecular weight is 233 g/mol. The number of aliphatic hydroxyl groups excluding tert-OH is 1. The predicted molar refractivity (Wildman–Crippen MR) is 66.1 cm³/mol. The molecule has 1 aromatic rings. The second-order valence-electron chi connectivity index (χ2n) is 5.59. The first-order chi connectivity index (χ1) is 8.15. The average Bonchev–Trinajstić information content (AvgIpc) is 3.12. The van der Waals surface area contributed by atoms with Crippen molar-refractivity contribution in [2.24, 2.45) is 5.92 Å². The van der Waals surface area contributed by atoms with Crippen molar-refractivity contribution in [3.63, 3.8) is 0 Å². The Balaban J connectivity index is 1.88. The van der Waals surface area contributed by atoms with E-state index in [0.717, 1.165) is 18.4 Å². The van der Waals surface area contributed by atoms with Crippen molar-refractivity contribution in [2.45, 2.75) is 51.2 Å². The van der Waals surface area contributed by atoms with E-state index in [1.165, 1.54) is 18.4 Å². The number of hydrogen-bond acceptors (Lipinski definition) is 2. The second-order valence-corrected chi connectivity index (χ2v) is 5.59. The Kier molecular flexibility index (Phi) is 2.58. The first-order valence-corrected chi connectivity index (χ1v) is 6.54. The molecule has 3 heteroatoms. The van der Waals surface area contributed by atoms with Crippen molar-refractivity contribution < 1.29 is 5.11 Å². The molecule has 0 radical (unpaired) electrons. The summed E-state index contributed by atoms with van der Waals surface area (Å²) in [7, 11) is 0. The molecule has 0 aliphatic heterocycles. The van der Waals surface area contributed by atoms with Gasteiger partial charge in [0.2, 0.25) is 0 Å². The van der Waals surface area contributed by atoms with E-state index in [2.05, 4.69) is 0 Å². The minimum absolute atomic E-state index is 0.105. The van der Waals surface area contributed by atoms with E-state index in [-0.39, 0.29) is 17.6 Å². The summed E-state index contributed by atoms with van der Waals surface area (Å²) < 4.78 is 1.82. The number of pyridine rings is 1. The minimum Gasteiger partial charge on any atom is -0.393 e. The largest absolute Gasteiger partial charge is 0.393 e. The molecule has 3 nitrogen and oxygen atoms in total. The minimum atomic E-state index is -0.202. The molecule has 0 amide bonds. The van der Waals surface area contributed by atoms with Crippen molar-refractivity contribution in [2.75, 3.05) is 0 Å². The van der Waals surface area contributed by atoms with Crippen molar-refractivity contribution in [1.82, 2.24) is 4.57 Å². The highest BCUT2D eigenvalue weighted by Crippen LogP contribution is 2.40. The van der Waals surface area contributed by atoms with Crippen LogP contribution in [0.2, 0.25) is 0 Å². The summed E-state index contributed by atoms with van der Waals surface area (Å²) in [5.41, 5.74) is 2.24. The Morgan fingerprint density at radius 3 is 2.65 bits per heavy atom. The zero-order valence-corrected chi connectivity index (χ0v) is 10.2. The molecule has 1 N–H and O–H groups in total. The summed E-state index contributed by atoms with van der Waals surface area (Å²) in [4.78, 5) is 12.0. The summed E-state index contributed by atoms with van der Waals surface area (Å²) in [6, 6.07) is 2.04. The smallest absolute Gasteiger partial charge is 0.253 e. The zero-order chi connectivity index (χ0) is 12.0. The highest BCUT2D eigenvalue weighted by molar-refractivity contribution is 5.25. The summed E-state index contributed by atoms with van der Waals surface area (Å²) in [5, 5.41) is 9.60. The van der Waals surface area contributed by atoms with Gasteiger partial charge in [0, 0.05) is 24.2 Å². The number of rotatable bonds is 3. The molecule has 2 aliphatic carbocycles. The molecule has 2 saturated carbocycles. The highest BCUT2D eigenvalue weighted by atomic mass is 16.3. The van der Waals surface area contributed by atoms with Crippen molar-refractivity contribution >= 4 is 0 Å². The fourth-order valence-corrected chi connectivity index (χ4v) is 2.61. The Morgan fingerprint density at radius 2 is 2.12 bits per heavy atom. The monoisotopic (exact) mass is 233 g/mol. The molecule has 0 bridgehead atoms. The standard InChI is InChI=1S/C14H19NO2/c1-9-6-12(10-2-3-10)8-15(14(9)17)7-11-4-5-13(11)16/h6,8,10-11,13,16H,2-5,7H2,1H3. The number of hydrogen-bond donors (Lipinski definition) is 1. The van der Waals surface area contributed by atoms with Gasteiger partial charge < -0.3 is 9.67 Å². The van der Waals surface area contributed by atoms with Crippen LogP contribution >= 0.6 is 0 Å². The molecule has 1 heterocycles. The van der Waals surface area contributed by atoms with E-state index in [1.54, 1.807) is 0 Å². The van der Waals surface area contributed by atoms with E-state index >= 15 is 0 Å². The normalized spacial score (nSPS) is 27.9. The highest BCUT2D eigenvalue weighted by Gasteiger charge is 2.30. The molecular formula is C14H19NO2. The lowest BCUT2D eigenvalue weighted by Gasteiger charge is -2.32. The predicted octanol–water partition coefficient (Wildman–Crippen LogP) is 1.81. The zero-order valence-electron chi connectivity index (χ0n) is 10.2. The molecule has 0 spiro atoms. The lowest BCUT2D eigenvalue weighted by Crippen LogP contribution is -2.37. The molecule has 0 saturated heterocycles. The van der Waals surface area contributed by atoms with Gasteiger partial charge in [-0.2, -0.15) is 0 Å². The summed E-state index contributed by atoms with van der Waals surface area (Å²) >= 11 is 0. The third kappa shape index (κ3) is 2.04. The fraction of sp³-hybridized carbons (Fsp3) is 0.643. The quantitative estimate of drug-likeness (QED) is 0.865. The van der Waals surface area contributed by atoms with E-state index < -0.39 is 0 Å². The fourth-order valence-electron chi connectivity index (χ4n) is 2.61. The molecule has 2 atom stereocenters. The van der Waals surface area contributed by atoms with Crippen LogP contribution in [0.3, 0.4) is 0 Å². The van der Waals surface area contributed by atoms with Crippen LogP contribution in [0.25, 0.3) is 0 Å². The summed E-state index contributed by atoms with van der Waals surface area (Å²) in [5.74, 6) is 0.952. The van der Waals surface area contributed by atoms with Gasteiger partial charge >= 0.3 is 0 Å². The third-order valence-corrected chi connectivity index (χ3v) is 4.14. The van der Waals surface area contributed by atoms with Crippen LogP contribution in [0.5, 0.6) is 0 Å². The van der Waals surface area contributed by atoms with Crippen LogP contribution in [0.1, 0.15) is 42.7 Å². The van der Waals surface area contributed by atoms with Crippen LogP contribution in [-0.2, 0) is 6.54 Å². The van der Waals surface area contributed by atoms with Gasteiger partial charge in [-0.25, -0.2) is 0 Å². The van der Waals surface area contributed by atoms with Crippen molar-refractivity contribution in [3.8, 4) is 0 Å². The van der Waals surface area contributed by atoms with Gasteiger partial charge in [0.25, 0.3) is 5.56 Å². The van der Waals surface area contributed by atoms with E-state index in [9.17, 15) is 9.90 Å². The van der Waals surface area contributed by atoms with E-state index in [4.69, 9.17) is 0 Å². The lowest BCUT2D eigenvalue weighted by molar-refractivity contribution is 0.0142. The maximum Gasteiger partial charge on any atom is 0.253 e. The summed E-state index contributed by atoms with van der Waals surface area (Å²) in [6.45, 7) is 2.57. The van der Waals surface area contributed by atoms with Crippen molar-refractivity contribution in [3.05, 3.63) is 33.7 Å². The molecule has 2 aliphatic rings. The number of nitrogens with zero attached hydrogens (tertiary/aromatic N) is 1. The number of aromatic nitrogens is 1. The molecule has 0 aromatic carbocycles. The van der Waals surface area contributed by atoms with Gasteiger partial charge in [-0.3, -0.25) is 4.79 Å². The van der Waals surface area contributed by atoms with E-state index in [0.29, 0.717) is 12.5 Å². The first kappa shape index (κ1) is 11.0. The molecule has 92 valence electrons. The van der Waals surface area contributed by atoms with Gasteiger partial charge in [0.1, 0.15) is 0 Å². The van der Waals surface area contributed by atoms with Crippen LogP contribution in [-0.4, -0.2) is 15.8 Å². The Morgan fingerprint density at radius 1 is 1.35 bits per heavy atom. The lowest BCUT2D eigenvalue weighted by atomic mass is 9.82. The third-order valence-electron chi connectivity index (χ3n) is 4.14. The van der Waals surface area contributed by atoms with E-state index in [1.807, 2.05) is 23.8 Å². The number of aryl methyl sites for hydroxylation is 1. The molecular weight excluding hydrogens is 214 g/mol. The molecule has 3 rings (SSSR count). The van der Waals surface area contributed by atoms with Gasteiger partial charge in [0.05, 0.1) is 6.10 Å². The van der Waals surface area contributed by atoms with Gasteiger partial charge in [-0.1, -0.05) is 0 Å².